The molecule has 2 aromatic heterocycles. The third-order valence-corrected chi connectivity index (χ3v) is 4.01. The molecular formula is C19H18F3N3O. The number of imidazole rings is 1. The number of alkyl halides is 3. The number of aliphatic hydroxyl groups excluding tert-OH is 1. The first kappa shape index (κ1) is 18.1. The molecule has 0 aliphatic rings. The Morgan fingerprint density at radius 2 is 1.81 bits per heavy atom. The van der Waals surface area contributed by atoms with Crippen LogP contribution in [0.2, 0.25) is 0 Å². The number of fused-ring (bicyclic) bond motifs is 1. The van der Waals surface area contributed by atoms with Gasteiger partial charge in [-0.05, 0) is 36.6 Å². The Hall–Kier alpha value is -2.67. The Morgan fingerprint density at radius 1 is 1.12 bits per heavy atom. The molecular weight excluding hydrogens is 343 g/mol. The third-order valence-electron chi connectivity index (χ3n) is 4.01. The van der Waals surface area contributed by atoms with Crippen molar-refractivity contribution in [2.24, 2.45) is 0 Å². The number of benzene rings is 1. The minimum Gasteiger partial charge on any atom is -0.392 e. The Labute approximate surface area is 148 Å². The van der Waals surface area contributed by atoms with E-state index in [-0.39, 0.29) is 24.3 Å². The van der Waals surface area contributed by atoms with Crippen LogP contribution < -0.4 is 0 Å². The van der Waals surface area contributed by atoms with E-state index in [1.807, 2.05) is 0 Å². The Kier molecular flexibility index (Phi) is 4.82. The van der Waals surface area contributed by atoms with E-state index in [2.05, 4.69) is 9.97 Å². The summed E-state index contributed by atoms with van der Waals surface area (Å²) in [5.74, 6) is -0.946. The number of rotatable bonds is 4. The van der Waals surface area contributed by atoms with Crippen LogP contribution in [0.4, 0.5) is 13.2 Å². The lowest BCUT2D eigenvalue weighted by Gasteiger charge is -2.11. The molecule has 0 fully saturated rings. The summed E-state index contributed by atoms with van der Waals surface area (Å²) in [7, 11) is 0. The fourth-order valence-electron chi connectivity index (χ4n) is 2.87. The van der Waals surface area contributed by atoms with Crippen LogP contribution in [-0.2, 0) is 12.7 Å². The fourth-order valence-corrected chi connectivity index (χ4v) is 2.87. The zero-order valence-corrected chi connectivity index (χ0v) is 14.4. The van der Waals surface area contributed by atoms with Gasteiger partial charge < -0.3 is 9.67 Å². The molecule has 4 nitrogen and oxygen atoms in total. The van der Waals surface area contributed by atoms with E-state index in [0.717, 1.165) is 10.1 Å². The predicted octanol–water partition coefficient (Wildman–Crippen LogP) is 4.12. The van der Waals surface area contributed by atoms with Gasteiger partial charge in [0.2, 0.25) is 5.82 Å². The van der Waals surface area contributed by atoms with Crippen molar-refractivity contribution in [3.63, 3.8) is 0 Å². The van der Waals surface area contributed by atoms with Crippen molar-refractivity contribution >= 4 is 17.2 Å². The van der Waals surface area contributed by atoms with Crippen molar-refractivity contribution < 1.29 is 18.3 Å². The normalized spacial score (nSPS) is 12.4. The number of aromatic nitrogens is 3. The van der Waals surface area contributed by atoms with Crippen LogP contribution in [0.5, 0.6) is 0 Å². The van der Waals surface area contributed by atoms with Crippen LogP contribution >= 0.6 is 0 Å². The van der Waals surface area contributed by atoms with Crippen LogP contribution in [0, 0.1) is 13.8 Å². The average Bonchev–Trinajstić information content (AvgIpc) is 2.93. The molecule has 0 aliphatic carbocycles. The van der Waals surface area contributed by atoms with E-state index in [1.165, 1.54) is 0 Å². The van der Waals surface area contributed by atoms with Gasteiger partial charge in [-0.25, -0.2) is 9.97 Å². The van der Waals surface area contributed by atoms with E-state index in [1.54, 1.807) is 56.3 Å². The number of nitrogens with zero attached hydrogens (tertiary/aromatic N) is 3. The van der Waals surface area contributed by atoms with E-state index in [4.69, 9.17) is 5.11 Å². The van der Waals surface area contributed by atoms with E-state index < -0.39 is 12.0 Å². The summed E-state index contributed by atoms with van der Waals surface area (Å²) >= 11 is 0. The largest absolute Gasteiger partial charge is 0.449 e. The number of hydrogen-bond donors (Lipinski definition) is 1. The SMILES string of the molecule is Cc1cc(C)c2nc(C(F)(F)F)n(Cc3ccc(/C=C/CO)cc3)c2n1. The maximum absolute atomic E-state index is 13.5. The lowest BCUT2D eigenvalue weighted by Crippen LogP contribution is -2.16. The lowest BCUT2D eigenvalue weighted by molar-refractivity contribution is -0.146. The summed E-state index contributed by atoms with van der Waals surface area (Å²) in [5.41, 5.74) is 3.39. The van der Waals surface area contributed by atoms with E-state index in [0.29, 0.717) is 16.8 Å². The zero-order valence-electron chi connectivity index (χ0n) is 14.4. The molecule has 0 bridgehead atoms. The Bertz CT molecular complexity index is 957. The van der Waals surface area contributed by atoms with Crippen molar-refractivity contribution in [1.29, 1.82) is 0 Å². The maximum Gasteiger partial charge on any atom is 0.449 e. The highest BCUT2D eigenvalue weighted by Crippen LogP contribution is 2.32. The fraction of sp³-hybridized carbons (Fsp3) is 0.263. The highest BCUT2D eigenvalue weighted by molar-refractivity contribution is 5.76. The number of pyridine rings is 1. The summed E-state index contributed by atoms with van der Waals surface area (Å²) in [6.45, 7) is 3.43. The highest BCUT2D eigenvalue weighted by atomic mass is 19.4. The van der Waals surface area contributed by atoms with E-state index >= 15 is 0 Å². The summed E-state index contributed by atoms with van der Waals surface area (Å²) in [6, 6.07) is 8.81. The number of aliphatic hydroxyl groups is 1. The van der Waals surface area contributed by atoms with E-state index in [9.17, 15) is 13.2 Å². The van der Waals surface area contributed by atoms with Crippen LogP contribution in [-0.4, -0.2) is 26.2 Å². The predicted molar refractivity (Wildman–Crippen MR) is 93.7 cm³/mol. The highest BCUT2D eigenvalue weighted by Gasteiger charge is 2.38. The molecule has 0 spiro atoms. The van der Waals surface area contributed by atoms with Gasteiger partial charge in [-0.3, -0.25) is 0 Å². The summed E-state index contributed by atoms with van der Waals surface area (Å²) in [5, 5.41) is 8.79. The first-order valence-electron chi connectivity index (χ1n) is 8.07. The maximum atomic E-state index is 13.5. The number of hydrogen-bond acceptors (Lipinski definition) is 3. The minimum atomic E-state index is -4.56. The van der Waals surface area contributed by atoms with Gasteiger partial charge in [0.05, 0.1) is 13.2 Å². The first-order chi connectivity index (χ1) is 12.3. The van der Waals surface area contributed by atoms with Gasteiger partial charge in [-0.1, -0.05) is 36.4 Å². The van der Waals surface area contributed by atoms with Crippen molar-refractivity contribution in [2.45, 2.75) is 26.6 Å². The van der Waals surface area contributed by atoms with Gasteiger partial charge in [0.25, 0.3) is 0 Å². The number of halogens is 3. The molecule has 26 heavy (non-hydrogen) atoms. The molecule has 1 N–H and O–H groups in total. The van der Waals surface area contributed by atoms with Crippen molar-refractivity contribution in [3.05, 3.63) is 64.6 Å². The van der Waals surface area contributed by atoms with Gasteiger partial charge in [0.15, 0.2) is 5.65 Å². The molecule has 0 radical (unpaired) electrons. The van der Waals surface area contributed by atoms with Gasteiger partial charge in [0.1, 0.15) is 5.52 Å². The molecule has 2 heterocycles. The lowest BCUT2D eigenvalue weighted by atomic mass is 10.1. The molecule has 7 heteroatoms. The number of aryl methyl sites for hydroxylation is 2. The molecule has 0 saturated heterocycles. The van der Waals surface area contributed by atoms with Crippen molar-refractivity contribution in [3.8, 4) is 0 Å². The van der Waals surface area contributed by atoms with Gasteiger partial charge in [0, 0.05) is 5.69 Å². The van der Waals surface area contributed by atoms with Crippen LogP contribution in [0.1, 0.15) is 28.2 Å². The molecule has 0 saturated carbocycles. The van der Waals surface area contributed by atoms with Gasteiger partial charge >= 0.3 is 6.18 Å². The standard InChI is InChI=1S/C19H18F3N3O/c1-12-10-13(2)23-17-16(12)24-18(19(20,21)22)25(17)11-15-7-5-14(6-8-15)4-3-9-26/h3-8,10,26H,9,11H2,1-2H3/b4-3+. The van der Waals surface area contributed by atoms with Crippen LogP contribution in [0.3, 0.4) is 0 Å². The summed E-state index contributed by atoms with van der Waals surface area (Å²) in [6.07, 6.45) is -1.23. The monoisotopic (exact) mass is 361 g/mol. The first-order valence-corrected chi connectivity index (χ1v) is 8.07. The molecule has 0 aliphatic heterocycles. The molecule has 0 unspecified atom stereocenters. The van der Waals surface area contributed by atoms with Crippen molar-refractivity contribution in [1.82, 2.24) is 14.5 Å². The second-order valence-electron chi connectivity index (χ2n) is 6.10. The second-order valence-corrected chi connectivity index (χ2v) is 6.10. The Morgan fingerprint density at radius 3 is 2.42 bits per heavy atom. The molecule has 3 rings (SSSR count). The molecule has 1 aromatic carbocycles. The second kappa shape index (κ2) is 6.92. The minimum absolute atomic E-state index is 0.0191. The van der Waals surface area contributed by atoms with Crippen molar-refractivity contribution in [2.75, 3.05) is 6.61 Å². The molecule has 136 valence electrons. The summed E-state index contributed by atoms with van der Waals surface area (Å²) in [4.78, 5) is 8.10. The molecule has 0 amide bonds. The molecule has 3 aromatic rings. The Balaban J connectivity index is 2.07. The zero-order chi connectivity index (χ0) is 18.9. The third kappa shape index (κ3) is 3.62. The topological polar surface area (TPSA) is 50.9 Å². The summed E-state index contributed by atoms with van der Waals surface area (Å²) < 4.78 is 41.6. The molecule has 0 atom stereocenters. The van der Waals surface area contributed by atoms with Gasteiger partial charge in [-0.15, -0.1) is 0 Å². The average molecular weight is 361 g/mol. The van der Waals surface area contributed by atoms with Gasteiger partial charge in [-0.2, -0.15) is 13.2 Å². The van der Waals surface area contributed by atoms with Crippen LogP contribution in [0.15, 0.2) is 36.4 Å². The van der Waals surface area contributed by atoms with Crippen LogP contribution in [0.25, 0.3) is 17.2 Å². The quantitative estimate of drug-likeness (QED) is 0.760. The smallest absolute Gasteiger partial charge is 0.392 e.